The summed E-state index contributed by atoms with van der Waals surface area (Å²) < 4.78 is 4.85. The van der Waals surface area contributed by atoms with Gasteiger partial charge in [0.05, 0.1) is 6.61 Å². The van der Waals surface area contributed by atoms with E-state index in [1.165, 1.54) is 0 Å². The number of aliphatic hydroxyl groups is 1. The summed E-state index contributed by atoms with van der Waals surface area (Å²) in [5.41, 5.74) is 0.0909. The smallest absolute Gasteiger partial charge is 0.327 e. The van der Waals surface area contributed by atoms with Crippen LogP contribution in [-0.2, 0) is 9.53 Å². The molecule has 3 rings (SSSR count). The summed E-state index contributed by atoms with van der Waals surface area (Å²) in [4.78, 5) is 15.6. The number of hydrogen-bond donors (Lipinski definition) is 1. The highest BCUT2D eigenvalue weighted by molar-refractivity contribution is 5.95. The third kappa shape index (κ3) is 1.96. The normalized spacial score (nSPS) is 39.3. The molecule has 0 unspecified atom stereocenters. The van der Waals surface area contributed by atoms with Crippen LogP contribution in [0, 0.1) is 17.3 Å². The van der Waals surface area contributed by atoms with E-state index in [1.54, 1.807) is 6.92 Å². The molecule has 102 valence electrons. The zero-order valence-electron chi connectivity index (χ0n) is 11.7. The minimum absolute atomic E-state index is 0.0270. The van der Waals surface area contributed by atoms with Gasteiger partial charge in [-0.25, -0.2) is 0 Å². The SMILES string of the molecule is CCOC(=O)C/N=C1\C[C@@H]2C[C@@H](C2(C)C)[C@]1(C)O. The molecule has 0 heterocycles. The van der Waals surface area contributed by atoms with Gasteiger partial charge in [0.2, 0.25) is 0 Å². The molecule has 0 amide bonds. The van der Waals surface area contributed by atoms with Gasteiger partial charge in [0, 0.05) is 5.71 Å². The van der Waals surface area contributed by atoms with Gasteiger partial charge in [0.25, 0.3) is 0 Å². The molecule has 3 aliphatic carbocycles. The molecule has 0 radical (unpaired) electrons. The first-order valence-electron chi connectivity index (χ1n) is 6.72. The molecule has 2 bridgehead atoms. The first kappa shape index (κ1) is 13.5. The number of nitrogens with zero attached hydrogens (tertiary/aromatic N) is 1. The van der Waals surface area contributed by atoms with Crippen molar-refractivity contribution in [3.8, 4) is 0 Å². The van der Waals surface area contributed by atoms with Gasteiger partial charge < -0.3 is 9.84 Å². The average molecular weight is 253 g/mol. The predicted molar refractivity (Wildman–Crippen MR) is 69.6 cm³/mol. The first-order chi connectivity index (χ1) is 8.30. The Morgan fingerprint density at radius 3 is 2.67 bits per heavy atom. The number of fused-ring (bicyclic) bond motifs is 2. The van der Waals surface area contributed by atoms with E-state index in [0.29, 0.717) is 12.5 Å². The van der Waals surface area contributed by atoms with Gasteiger partial charge >= 0.3 is 5.97 Å². The van der Waals surface area contributed by atoms with Crippen LogP contribution in [0.3, 0.4) is 0 Å². The quantitative estimate of drug-likeness (QED) is 0.780. The summed E-state index contributed by atoms with van der Waals surface area (Å²) in [6.07, 6.45) is 1.87. The van der Waals surface area contributed by atoms with Crippen LogP contribution >= 0.6 is 0 Å². The van der Waals surface area contributed by atoms with E-state index in [2.05, 4.69) is 18.8 Å². The van der Waals surface area contributed by atoms with Crippen LogP contribution < -0.4 is 0 Å². The molecule has 0 aromatic rings. The van der Waals surface area contributed by atoms with E-state index in [4.69, 9.17) is 4.74 Å². The van der Waals surface area contributed by atoms with Crippen molar-refractivity contribution in [3.63, 3.8) is 0 Å². The monoisotopic (exact) mass is 253 g/mol. The fourth-order valence-electron chi connectivity index (χ4n) is 3.55. The molecular weight excluding hydrogens is 230 g/mol. The molecule has 3 aliphatic rings. The molecule has 4 nitrogen and oxygen atoms in total. The largest absolute Gasteiger partial charge is 0.465 e. The Labute approximate surface area is 108 Å². The van der Waals surface area contributed by atoms with Gasteiger partial charge in [-0.1, -0.05) is 13.8 Å². The maximum Gasteiger partial charge on any atom is 0.327 e. The fourth-order valence-corrected chi connectivity index (χ4v) is 3.55. The molecule has 3 saturated carbocycles. The fraction of sp³-hybridized carbons (Fsp3) is 0.857. The van der Waals surface area contributed by atoms with Gasteiger partial charge in [0.15, 0.2) is 0 Å². The van der Waals surface area contributed by atoms with Crippen LogP contribution in [0.25, 0.3) is 0 Å². The van der Waals surface area contributed by atoms with Crippen molar-refractivity contribution in [2.75, 3.05) is 13.2 Å². The van der Waals surface area contributed by atoms with Crippen LogP contribution in [0.1, 0.15) is 40.5 Å². The van der Waals surface area contributed by atoms with E-state index in [9.17, 15) is 9.90 Å². The van der Waals surface area contributed by atoms with Crippen LogP contribution in [0.5, 0.6) is 0 Å². The molecule has 3 fully saturated rings. The van der Waals surface area contributed by atoms with E-state index < -0.39 is 5.60 Å². The van der Waals surface area contributed by atoms with Gasteiger partial charge in [-0.2, -0.15) is 0 Å². The Balaban J connectivity index is 2.08. The van der Waals surface area contributed by atoms with Crippen molar-refractivity contribution in [3.05, 3.63) is 0 Å². The van der Waals surface area contributed by atoms with Crippen LogP contribution in [0.15, 0.2) is 4.99 Å². The standard InChI is InChI=1S/C14H23NO3/c1-5-18-12(16)8-15-11-7-9-6-10(13(9,2)3)14(11,4)17/h9-10,17H,5-8H2,1-4H3/b15-11+/t9-,10-,14-/m0/s1. The Morgan fingerprint density at radius 1 is 1.50 bits per heavy atom. The summed E-state index contributed by atoms with van der Waals surface area (Å²) in [6.45, 7) is 8.43. The molecule has 0 saturated heterocycles. The number of rotatable bonds is 3. The topological polar surface area (TPSA) is 58.9 Å². The number of aliphatic imine (C=N–C) groups is 1. The molecule has 0 aliphatic heterocycles. The molecule has 4 heteroatoms. The van der Waals surface area contributed by atoms with E-state index >= 15 is 0 Å². The van der Waals surface area contributed by atoms with Crippen molar-refractivity contribution < 1.29 is 14.6 Å². The Bertz CT molecular complexity index is 385. The second kappa shape index (κ2) is 4.34. The number of carbonyl (C=O) groups is 1. The molecule has 0 aromatic carbocycles. The van der Waals surface area contributed by atoms with Crippen molar-refractivity contribution in [2.45, 2.75) is 46.1 Å². The summed E-state index contributed by atoms with van der Waals surface area (Å²) in [5, 5.41) is 10.6. The average Bonchev–Trinajstić information content (AvgIpc) is 2.26. The number of ether oxygens (including phenoxy) is 1. The first-order valence-corrected chi connectivity index (χ1v) is 6.72. The highest BCUT2D eigenvalue weighted by Gasteiger charge is 2.61. The van der Waals surface area contributed by atoms with Crippen molar-refractivity contribution in [1.82, 2.24) is 0 Å². The lowest BCUT2D eigenvalue weighted by Crippen LogP contribution is -2.64. The lowest BCUT2D eigenvalue weighted by atomic mass is 9.44. The maximum absolute atomic E-state index is 11.3. The number of hydrogen-bond acceptors (Lipinski definition) is 4. The zero-order chi connectivity index (χ0) is 13.6. The van der Waals surface area contributed by atoms with Crippen molar-refractivity contribution >= 4 is 11.7 Å². The van der Waals surface area contributed by atoms with Crippen LogP contribution in [0.2, 0.25) is 0 Å². The lowest BCUT2D eigenvalue weighted by molar-refractivity contribution is -0.141. The molecule has 18 heavy (non-hydrogen) atoms. The summed E-state index contributed by atoms with van der Waals surface area (Å²) >= 11 is 0. The third-order valence-corrected chi connectivity index (χ3v) is 4.88. The summed E-state index contributed by atoms with van der Waals surface area (Å²) in [7, 11) is 0. The Hall–Kier alpha value is -0.900. The van der Waals surface area contributed by atoms with E-state index in [1.807, 2.05) is 6.92 Å². The molecular formula is C14H23NO3. The second-order valence-electron chi connectivity index (χ2n) is 6.23. The lowest BCUT2D eigenvalue weighted by Gasteiger charge is -2.62. The number of carbonyl (C=O) groups excluding carboxylic acids is 1. The maximum atomic E-state index is 11.3. The zero-order valence-corrected chi connectivity index (χ0v) is 11.7. The third-order valence-electron chi connectivity index (χ3n) is 4.88. The van der Waals surface area contributed by atoms with E-state index in [-0.39, 0.29) is 23.8 Å². The van der Waals surface area contributed by atoms with Gasteiger partial charge in [-0.15, -0.1) is 0 Å². The summed E-state index contributed by atoms with van der Waals surface area (Å²) in [6, 6.07) is 0. The van der Waals surface area contributed by atoms with Crippen LogP contribution in [-0.4, -0.2) is 35.5 Å². The molecule has 0 aromatic heterocycles. The van der Waals surface area contributed by atoms with Gasteiger partial charge in [-0.3, -0.25) is 9.79 Å². The highest BCUT2D eigenvalue weighted by atomic mass is 16.5. The van der Waals surface area contributed by atoms with Crippen molar-refractivity contribution in [2.24, 2.45) is 22.2 Å². The minimum Gasteiger partial charge on any atom is -0.465 e. The predicted octanol–water partition coefficient (Wildman–Crippen LogP) is 1.81. The number of esters is 1. The van der Waals surface area contributed by atoms with Crippen molar-refractivity contribution in [1.29, 1.82) is 0 Å². The Morgan fingerprint density at radius 2 is 2.17 bits per heavy atom. The second-order valence-corrected chi connectivity index (χ2v) is 6.23. The van der Waals surface area contributed by atoms with Gasteiger partial charge in [-0.05, 0) is 43.9 Å². The molecule has 1 N–H and O–H groups in total. The molecule has 3 atom stereocenters. The highest BCUT2D eigenvalue weighted by Crippen LogP contribution is 2.61. The minimum atomic E-state index is -0.870. The molecule has 0 spiro atoms. The summed E-state index contributed by atoms with van der Waals surface area (Å²) in [5.74, 6) is 0.521. The van der Waals surface area contributed by atoms with E-state index in [0.717, 1.165) is 18.6 Å². The van der Waals surface area contributed by atoms with Gasteiger partial charge in [0.1, 0.15) is 12.1 Å². The van der Waals surface area contributed by atoms with Crippen LogP contribution in [0.4, 0.5) is 0 Å². The Kier molecular flexibility index (Phi) is 3.26.